The number of fused-ring (bicyclic) bond motifs is 1. The highest BCUT2D eigenvalue weighted by Crippen LogP contribution is 2.44. The number of hydrogen-bond acceptors (Lipinski definition) is 6. The Labute approximate surface area is 209 Å². The van der Waals surface area contributed by atoms with Crippen LogP contribution in [0.4, 0.5) is 23.4 Å². The maximum atomic E-state index is 13.5. The van der Waals surface area contributed by atoms with Gasteiger partial charge in [-0.05, 0) is 54.4 Å². The summed E-state index contributed by atoms with van der Waals surface area (Å²) in [5.74, 6) is -0.702. The number of halogens is 4. The summed E-state index contributed by atoms with van der Waals surface area (Å²) in [6, 6.07) is 13.1. The summed E-state index contributed by atoms with van der Waals surface area (Å²) >= 11 is 0. The number of hydrogen-bond donors (Lipinski definition) is 1. The van der Waals surface area contributed by atoms with E-state index in [0.29, 0.717) is 17.5 Å². The number of benzene rings is 2. The molecule has 0 fully saturated rings. The lowest BCUT2D eigenvalue weighted by molar-refractivity contribution is -0.137. The zero-order valence-electron chi connectivity index (χ0n) is 18.9. The van der Waals surface area contributed by atoms with Gasteiger partial charge in [-0.1, -0.05) is 12.1 Å². The fourth-order valence-corrected chi connectivity index (χ4v) is 5.22. The van der Waals surface area contributed by atoms with Crippen LogP contribution in [0.1, 0.15) is 29.0 Å². The van der Waals surface area contributed by atoms with Gasteiger partial charge in [0, 0.05) is 29.3 Å². The predicted molar refractivity (Wildman–Crippen MR) is 126 cm³/mol. The molecule has 4 aromatic rings. The highest BCUT2D eigenvalue weighted by atomic mass is 32.2. The van der Waals surface area contributed by atoms with Crippen molar-refractivity contribution in [2.45, 2.75) is 23.4 Å². The molecule has 37 heavy (non-hydrogen) atoms. The van der Waals surface area contributed by atoms with Crippen LogP contribution < -0.4 is 9.46 Å². The number of ether oxygens (including phenoxy) is 1. The molecule has 0 unspecified atom stereocenters. The zero-order chi connectivity index (χ0) is 26.2. The maximum absolute atomic E-state index is 13.5. The molecule has 1 N–H and O–H groups in total. The summed E-state index contributed by atoms with van der Waals surface area (Å²) in [5.41, 5.74) is 0.663. The molecule has 0 amide bonds. The van der Waals surface area contributed by atoms with Gasteiger partial charge in [-0.25, -0.2) is 12.8 Å². The third-order valence-electron chi connectivity index (χ3n) is 5.91. The van der Waals surface area contributed by atoms with Gasteiger partial charge in [0.25, 0.3) is 10.0 Å². The molecule has 2 aromatic carbocycles. The minimum atomic E-state index is -4.58. The molecule has 0 saturated carbocycles. The molecule has 1 aliphatic rings. The van der Waals surface area contributed by atoms with E-state index in [4.69, 9.17) is 4.74 Å². The fourth-order valence-electron chi connectivity index (χ4n) is 4.21. The van der Waals surface area contributed by atoms with E-state index in [0.717, 1.165) is 24.4 Å². The van der Waals surface area contributed by atoms with Crippen LogP contribution in [-0.4, -0.2) is 30.2 Å². The van der Waals surface area contributed by atoms with Crippen molar-refractivity contribution in [2.75, 3.05) is 11.3 Å². The van der Waals surface area contributed by atoms with E-state index in [9.17, 15) is 26.0 Å². The Morgan fingerprint density at radius 2 is 1.81 bits per heavy atom. The highest BCUT2D eigenvalue weighted by Gasteiger charge is 2.33. The number of aromatic nitrogens is 3. The summed E-state index contributed by atoms with van der Waals surface area (Å²) < 4.78 is 87.8. The fraction of sp³-hybridized carbons (Fsp3) is 0.160. The lowest BCUT2D eigenvalue weighted by atomic mass is 9.83. The highest BCUT2D eigenvalue weighted by molar-refractivity contribution is 7.92. The van der Waals surface area contributed by atoms with Crippen molar-refractivity contribution in [1.82, 2.24) is 15.2 Å². The minimum absolute atomic E-state index is 0.0419. The average Bonchev–Trinajstić information content (AvgIpc) is 2.88. The molecule has 190 valence electrons. The van der Waals surface area contributed by atoms with Crippen molar-refractivity contribution < 1.29 is 30.7 Å². The van der Waals surface area contributed by atoms with Crippen LogP contribution in [0.15, 0.2) is 78.0 Å². The zero-order valence-corrected chi connectivity index (χ0v) is 19.7. The molecule has 12 heteroatoms. The summed E-state index contributed by atoms with van der Waals surface area (Å²) in [6.07, 6.45) is -1.81. The second-order valence-corrected chi connectivity index (χ2v) is 9.95. The van der Waals surface area contributed by atoms with Crippen LogP contribution in [0.2, 0.25) is 0 Å². The number of rotatable bonds is 5. The molecular formula is C25H18F4N4O3S. The van der Waals surface area contributed by atoms with Crippen LogP contribution >= 0.6 is 0 Å². The first-order chi connectivity index (χ1) is 17.6. The topological polar surface area (TPSA) is 94.1 Å². The van der Waals surface area contributed by atoms with Gasteiger partial charge < -0.3 is 4.74 Å². The van der Waals surface area contributed by atoms with Crippen LogP contribution in [0.5, 0.6) is 5.75 Å². The van der Waals surface area contributed by atoms with Crippen molar-refractivity contribution >= 4 is 15.8 Å². The maximum Gasteiger partial charge on any atom is 0.416 e. The van der Waals surface area contributed by atoms with Gasteiger partial charge >= 0.3 is 6.18 Å². The van der Waals surface area contributed by atoms with Crippen LogP contribution in [0.25, 0.3) is 11.3 Å². The SMILES string of the molecule is O=S(=O)(Nc1cccnn1)c1ccc2c(c1)OCC[C@H]2c1ccc(C(F)(F)F)cc1-c1ccc(F)cn1. The second-order valence-electron chi connectivity index (χ2n) is 8.27. The smallest absolute Gasteiger partial charge is 0.416 e. The number of anilines is 1. The number of nitrogens with zero attached hydrogens (tertiary/aromatic N) is 3. The van der Waals surface area contributed by atoms with Crippen molar-refractivity contribution in [3.8, 4) is 17.0 Å². The van der Waals surface area contributed by atoms with Crippen molar-refractivity contribution in [2.24, 2.45) is 0 Å². The van der Waals surface area contributed by atoms with Gasteiger partial charge in [-0.3, -0.25) is 9.71 Å². The lowest BCUT2D eigenvalue weighted by Crippen LogP contribution is -2.19. The van der Waals surface area contributed by atoms with Crippen LogP contribution in [0.3, 0.4) is 0 Å². The van der Waals surface area contributed by atoms with E-state index in [-0.39, 0.29) is 34.3 Å². The predicted octanol–water partition coefficient (Wildman–Crippen LogP) is 5.41. The number of alkyl halides is 3. The molecule has 0 bridgehead atoms. The Kier molecular flexibility index (Phi) is 6.28. The molecule has 7 nitrogen and oxygen atoms in total. The van der Waals surface area contributed by atoms with E-state index >= 15 is 0 Å². The van der Waals surface area contributed by atoms with Gasteiger partial charge in [0.05, 0.1) is 29.0 Å². The molecular weight excluding hydrogens is 512 g/mol. The van der Waals surface area contributed by atoms with E-state index in [2.05, 4.69) is 19.9 Å². The van der Waals surface area contributed by atoms with Crippen LogP contribution in [0, 0.1) is 5.82 Å². The van der Waals surface area contributed by atoms with Crippen molar-refractivity contribution in [3.05, 3.63) is 95.6 Å². The Hall–Kier alpha value is -4.06. The van der Waals surface area contributed by atoms with Gasteiger partial charge in [0.1, 0.15) is 11.6 Å². The van der Waals surface area contributed by atoms with E-state index < -0.39 is 33.5 Å². The molecule has 5 rings (SSSR count). The molecule has 3 heterocycles. The second kappa shape index (κ2) is 9.43. The molecule has 0 saturated heterocycles. The Bertz CT molecular complexity index is 1550. The number of pyridine rings is 1. The molecule has 0 spiro atoms. The molecule has 0 radical (unpaired) electrons. The normalized spacial score (nSPS) is 15.5. The summed E-state index contributed by atoms with van der Waals surface area (Å²) in [5, 5.41) is 7.35. The first kappa shape index (κ1) is 24.6. The number of nitrogens with one attached hydrogen (secondary N) is 1. The van der Waals surface area contributed by atoms with Crippen LogP contribution in [-0.2, 0) is 16.2 Å². The first-order valence-electron chi connectivity index (χ1n) is 11.0. The summed E-state index contributed by atoms with van der Waals surface area (Å²) in [4.78, 5) is 3.92. The van der Waals surface area contributed by atoms with Gasteiger partial charge in [-0.2, -0.15) is 18.3 Å². The van der Waals surface area contributed by atoms with Gasteiger partial charge in [-0.15, -0.1) is 5.10 Å². The van der Waals surface area contributed by atoms with Gasteiger partial charge in [0.2, 0.25) is 0 Å². The molecule has 2 aromatic heterocycles. The third-order valence-corrected chi connectivity index (χ3v) is 7.26. The monoisotopic (exact) mass is 530 g/mol. The van der Waals surface area contributed by atoms with E-state index in [1.54, 1.807) is 6.07 Å². The summed E-state index contributed by atoms with van der Waals surface area (Å²) in [7, 11) is -4.01. The molecule has 1 aliphatic heterocycles. The molecule has 1 atom stereocenters. The standard InChI is InChI=1S/C25H18F4N4O3S/c26-16-4-8-22(30-14-16)21-12-15(25(27,28)29)3-6-18(21)19-9-11-36-23-13-17(5-7-20(19)23)37(34,35)33-24-2-1-10-31-32-24/h1-8,10,12-14,19H,9,11H2,(H,32,33)/t19-/m0/s1. The van der Waals surface area contributed by atoms with Crippen molar-refractivity contribution in [3.63, 3.8) is 0 Å². The Balaban J connectivity index is 1.56. The van der Waals surface area contributed by atoms with E-state index in [1.165, 1.54) is 42.6 Å². The Morgan fingerprint density at radius 1 is 1.00 bits per heavy atom. The van der Waals surface area contributed by atoms with E-state index in [1.807, 2.05) is 0 Å². The minimum Gasteiger partial charge on any atom is -0.493 e. The summed E-state index contributed by atoms with van der Waals surface area (Å²) in [6.45, 7) is 0.204. The average molecular weight is 531 g/mol. The largest absolute Gasteiger partial charge is 0.493 e. The molecule has 0 aliphatic carbocycles. The lowest BCUT2D eigenvalue weighted by Gasteiger charge is -2.28. The first-order valence-corrected chi connectivity index (χ1v) is 12.5. The van der Waals surface area contributed by atoms with Gasteiger partial charge in [0.15, 0.2) is 5.82 Å². The number of sulfonamides is 1. The third kappa shape index (κ3) is 5.10. The van der Waals surface area contributed by atoms with Crippen molar-refractivity contribution in [1.29, 1.82) is 0 Å². The quantitative estimate of drug-likeness (QED) is 0.347. The Morgan fingerprint density at radius 3 is 2.51 bits per heavy atom.